The van der Waals surface area contributed by atoms with Crippen molar-refractivity contribution in [3.8, 4) is 0 Å². The number of nitrogens with zero attached hydrogens (tertiary/aromatic N) is 3. The number of ketones is 1. The number of hydrogen-bond acceptors (Lipinski definition) is 5. The summed E-state index contributed by atoms with van der Waals surface area (Å²) in [6, 6.07) is 7.94. The van der Waals surface area contributed by atoms with E-state index >= 15 is 0 Å². The molecule has 0 spiro atoms. The van der Waals surface area contributed by atoms with Gasteiger partial charge in [-0.1, -0.05) is 30.3 Å². The van der Waals surface area contributed by atoms with Crippen LogP contribution in [0.5, 0.6) is 0 Å². The summed E-state index contributed by atoms with van der Waals surface area (Å²) in [4.78, 5) is 16.9. The van der Waals surface area contributed by atoms with Gasteiger partial charge in [-0.25, -0.2) is 0 Å². The zero-order valence-corrected chi connectivity index (χ0v) is 14.3. The maximum atomic E-state index is 12.4. The number of carbonyl (C=O) groups is 1. The molecule has 3 aromatic rings. The predicted octanol–water partition coefficient (Wildman–Crippen LogP) is 3.56. The Balaban J connectivity index is 1.64. The van der Waals surface area contributed by atoms with Crippen LogP contribution in [0.3, 0.4) is 0 Å². The third-order valence-corrected chi connectivity index (χ3v) is 4.65. The SMILES string of the molecule is CCCC(=O)c1cn(Cc2nc(C3CCOC3)no2)c2ccccc12. The molecule has 6 nitrogen and oxygen atoms in total. The first-order chi connectivity index (χ1) is 12.3. The van der Waals surface area contributed by atoms with Crippen molar-refractivity contribution in [2.75, 3.05) is 13.2 Å². The Bertz CT molecular complexity index is 890. The molecule has 0 bridgehead atoms. The van der Waals surface area contributed by atoms with Gasteiger partial charge in [0.25, 0.3) is 0 Å². The fourth-order valence-corrected chi connectivity index (χ4v) is 3.34. The highest BCUT2D eigenvalue weighted by atomic mass is 16.5. The van der Waals surface area contributed by atoms with E-state index in [1.54, 1.807) is 0 Å². The molecule has 1 aliphatic rings. The van der Waals surface area contributed by atoms with Crippen molar-refractivity contribution < 1.29 is 14.1 Å². The Morgan fingerprint density at radius 1 is 1.36 bits per heavy atom. The molecule has 3 heterocycles. The Hall–Kier alpha value is -2.47. The summed E-state index contributed by atoms with van der Waals surface area (Å²) in [6.07, 6.45) is 4.24. The predicted molar refractivity (Wildman–Crippen MR) is 92.8 cm³/mol. The lowest BCUT2D eigenvalue weighted by atomic mass is 10.1. The van der Waals surface area contributed by atoms with E-state index in [4.69, 9.17) is 9.26 Å². The van der Waals surface area contributed by atoms with Crippen LogP contribution in [0, 0.1) is 0 Å². The molecule has 6 heteroatoms. The van der Waals surface area contributed by atoms with Gasteiger partial charge in [-0.2, -0.15) is 4.98 Å². The summed E-state index contributed by atoms with van der Waals surface area (Å²) in [5, 5.41) is 5.08. The van der Waals surface area contributed by atoms with Crippen LogP contribution in [0.1, 0.15) is 54.2 Å². The minimum atomic E-state index is 0.173. The number of carbonyl (C=O) groups excluding carboxylic acids is 1. The first kappa shape index (κ1) is 16.0. The van der Waals surface area contributed by atoms with Crippen LogP contribution in [0.15, 0.2) is 35.0 Å². The molecule has 0 radical (unpaired) electrons. The molecule has 1 saturated heterocycles. The van der Waals surface area contributed by atoms with Crippen LogP contribution in [0.4, 0.5) is 0 Å². The molecule has 0 aliphatic carbocycles. The summed E-state index contributed by atoms with van der Waals surface area (Å²) < 4.78 is 12.8. The molecule has 25 heavy (non-hydrogen) atoms. The van der Waals surface area contributed by atoms with Gasteiger partial charge in [0.15, 0.2) is 11.6 Å². The van der Waals surface area contributed by atoms with Crippen molar-refractivity contribution in [1.82, 2.24) is 14.7 Å². The number of Topliss-reactive ketones (excluding diaryl/α,β-unsaturated/α-hetero) is 1. The Kier molecular flexibility index (Phi) is 4.36. The molecular formula is C19H21N3O3. The molecule has 130 valence electrons. The Morgan fingerprint density at radius 3 is 3.04 bits per heavy atom. The van der Waals surface area contributed by atoms with Gasteiger partial charge < -0.3 is 13.8 Å². The summed E-state index contributed by atoms with van der Waals surface area (Å²) in [6.45, 7) is 3.88. The van der Waals surface area contributed by atoms with E-state index in [1.165, 1.54) is 0 Å². The van der Waals surface area contributed by atoms with Gasteiger partial charge in [0.05, 0.1) is 6.61 Å². The van der Waals surface area contributed by atoms with Crippen LogP contribution in [-0.4, -0.2) is 33.7 Å². The number of hydrogen-bond donors (Lipinski definition) is 0. The van der Waals surface area contributed by atoms with Gasteiger partial charge in [-0.05, 0) is 18.9 Å². The summed E-state index contributed by atoms with van der Waals surface area (Å²) >= 11 is 0. The summed E-state index contributed by atoms with van der Waals surface area (Å²) in [5.74, 6) is 1.66. The lowest BCUT2D eigenvalue weighted by molar-refractivity contribution is 0.0983. The second-order valence-electron chi connectivity index (χ2n) is 6.47. The van der Waals surface area contributed by atoms with Crippen LogP contribution < -0.4 is 0 Å². The highest BCUT2D eigenvalue weighted by Crippen LogP contribution is 2.25. The molecule has 4 rings (SSSR count). The molecule has 2 aromatic heterocycles. The molecule has 0 amide bonds. The van der Waals surface area contributed by atoms with E-state index in [1.807, 2.05) is 42.0 Å². The van der Waals surface area contributed by atoms with Crippen LogP contribution in [-0.2, 0) is 11.3 Å². The first-order valence-corrected chi connectivity index (χ1v) is 8.77. The van der Waals surface area contributed by atoms with Crippen molar-refractivity contribution in [3.05, 3.63) is 47.7 Å². The number of rotatable bonds is 6. The lowest BCUT2D eigenvalue weighted by Crippen LogP contribution is -2.02. The highest BCUT2D eigenvalue weighted by Gasteiger charge is 2.23. The van der Waals surface area contributed by atoms with Gasteiger partial charge in [-0.3, -0.25) is 4.79 Å². The topological polar surface area (TPSA) is 70.2 Å². The molecule has 1 unspecified atom stereocenters. The standard InChI is InChI=1S/C19H21N3O3/c1-2-5-17(23)15-10-22(16-7-4-3-6-14(15)16)11-18-20-19(21-25-18)13-8-9-24-12-13/h3-4,6-7,10,13H,2,5,8-9,11-12H2,1H3. The number of benzene rings is 1. The fourth-order valence-electron chi connectivity index (χ4n) is 3.34. The van der Waals surface area contributed by atoms with Crippen molar-refractivity contribution in [1.29, 1.82) is 0 Å². The average Bonchev–Trinajstić information content (AvgIpc) is 3.35. The van der Waals surface area contributed by atoms with E-state index in [-0.39, 0.29) is 11.7 Å². The van der Waals surface area contributed by atoms with Gasteiger partial charge in [0, 0.05) is 41.6 Å². The molecule has 1 aliphatic heterocycles. The van der Waals surface area contributed by atoms with E-state index in [0.29, 0.717) is 31.3 Å². The van der Waals surface area contributed by atoms with Gasteiger partial charge in [0.1, 0.15) is 6.54 Å². The second-order valence-corrected chi connectivity index (χ2v) is 6.47. The number of fused-ring (bicyclic) bond motifs is 1. The zero-order chi connectivity index (χ0) is 17.2. The van der Waals surface area contributed by atoms with Crippen LogP contribution in [0.2, 0.25) is 0 Å². The normalized spacial score (nSPS) is 17.4. The average molecular weight is 339 g/mol. The smallest absolute Gasteiger partial charge is 0.246 e. The van der Waals surface area contributed by atoms with Crippen molar-refractivity contribution >= 4 is 16.7 Å². The number of ether oxygens (including phenoxy) is 1. The number of para-hydroxylation sites is 1. The van der Waals surface area contributed by atoms with Crippen molar-refractivity contribution in [3.63, 3.8) is 0 Å². The molecule has 1 fully saturated rings. The van der Waals surface area contributed by atoms with E-state index in [0.717, 1.165) is 35.9 Å². The van der Waals surface area contributed by atoms with E-state index in [2.05, 4.69) is 10.1 Å². The van der Waals surface area contributed by atoms with Crippen LogP contribution in [0.25, 0.3) is 10.9 Å². The monoisotopic (exact) mass is 339 g/mol. The maximum Gasteiger partial charge on any atom is 0.246 e. The minimum Gasteiger partial charge on any atom is -0.381 e. The summed E-state index contributed by atoms with van der Waals surface area (Å²) in [7, 11) is 0. The van der Waals surface area contributed by atoms with Gasteiger partial charge >= 0.3 is 0 Å². The second kappa shape index (κ2) is 6.80. The molecular weight excluding hydrogens is 318 g/mol. The highest BCUT2D eigenvalue weighted by molar-refractivity contribution is 6.08. The third-order valence-electron chi connectivity index (χ3n) is 4.65. The maximum absolute atomic E-state index is 12.4. The van der Waals surface area contributed by atoms with E-state index in [9.17, 15) is 4.79 Å². The largest absolute Gasteiger partial charge is 0.381 e. The first-order valence-electron chi connectivity index (χ1n) is 8.77. The Morgan fingerprint density at radius 2 is 2.24 bits per heavy atom. The van der Waals surface area contributed by atoms with Crippen LogP contribution >= 0.6 is 0 Å². The molecule has 1 atom stereocenters. The van der Waals surface area contributed by atoms with Crippen molar-refractivity contribution in [2.24, 2.45) is 0 Å². The Labute approximate surface area is 145 Å². The molecule has 0 saturated carbocycles. The van der Waals surface area contributed by atoms with Crippen molar-refractivity contribution in [2.45, 2.75) is 38.6 Å². The fraction of sp³-hybridized carbons (Fsp3) is 0.421. The van der Waals surface area contributed by atoms with Gasteiger partial charge in [0.2, 0.25) is 5.89 Å². The molecule has 0 N–H and O–H groups in total. The quantitative estimate of drug-likeness (QED) is 0.642. The lowest BCUT2D eigenvalue weighted by Gasteiger charge is -2.01. The summed E-state index contributed by atoms with van der Waals surface area (Å²) in [5.41, 5.74) is 1.77. The van der Waals surface area contributed by atoms with Gasteiger partial charge in [-0.15, -0.1) is 0 Å². The zero-order valence-electron chi connectivity index (χ0n) is 14.3. The third kappa shape index (κ3) is 3.09. The number of aromatic nitrogens is 3. The molecule has 1 aromatic carbocycles. The minimum absolute atomic E-state index is 0.173. The van der Waals surface area contributed by atoms with E-state index < -0.39 is 0 Å².